The minimum atomic E-state index is -0.276. The summed E-state index contributed by atoms with van der Waals surface area (Å²) in [5.74, 6) is 1.89. The Bertz CT molecular complexity index is 645. The van der Waals surface area contributed by atoms with Gasteiger partial charge in [-0.1, -0.05) is 31.1 Å². The minimum absolute atomic E-state index is 0.152. The van der Waals surface area contributed by atoms with E-state index in [-0.39, 0.29) is 16.6 Å². The van der Waals surface area contributed by atoms with Gasteiger partial charge in [0.1, 0.15) is 0 Å². The number of aromatic nitrogens is 3. The van der Waals surface area contributed by atoms with Gasteiger partial charge in [-0.15, -0.1) is 11.8 Å². The molecule has 22 heavy (non-hydrogen) atoms. The lowest BCUT2D eigenvalue weighted by molar-refractivity contribution is -0.115. The van der Waals surface area contributed by atoms with Crippen molar-refractivity contribution in [1.29, 1.82) is 0 Å². The Morgan fingerprint density at radius 3 is 2.64 bits per heavy atom. The molecule has 120 valence electrons. The number of aryl methyl sites for hydroxylation is 1. The fourth-order valence-electron chi connectivity index (χ4n) is 1.54. The SMILES string of the molecule is Cc1cc(NC(=O)C(C)SCc2noc(C(C)(C)C)n2)on1. The maximum Gasteiger partial charge on any atom is 0.239 e. The molecule has 0 saturated heterocycles. The molecule has 0 bridgehead atoms. The maximum absolute atomic E-state index is 12.0. The Morgan fingerprint density at radius 1 is 1.36 bits per heavy atom. The van der Waals surface area contributed by atoms with Gasteiger partial charge in [0.15, 0.2) is 5.82 Å². The monoisotopic (exact) mass is 324 g/mol. The minimum Gasteiger partial charge on any atom is -0.339 e. The number of hydrogen-bond acceptors (Lipinski definition) is 7. The van der Waals surface area contributed by atoms with Gasteiger partial charge in [-0.2, -0.15) is 4.98 Å². The van der Waals surface area contributed by atoms with Crippen LogP contribution in [0.5, 0.6) is 0 Å². The molecule has 0 spiro atoms. The van der Waals surface area contributed by atoms with Crippen LogP contribution in [0.25, 0.3) is 0 Å². The van der Waals surface area contributed by atoms with Crippen LogP contribution in [0.4, 0.5) is 5.88 Å². The van der Waals surface area contributed by atoms with Gasteiger partial charge in [-0.3, -0.25) is 10.1 Å². The van der Waals surface area contributed by atoms with Crippen LogP contribution in [0.2, 0.25) is 0 Å². The molecule has 0 aliphatic rings. The molecule has 2 rings (SSSR count). The smallest absolute Gasteiger partial charge is 0.239 e. The summed E-state index contributed by atoms with van der Waals surface area (Å²) in [6.07, 6.45) is 0. The van der Waals surface area contributed by atoms with Crippen molar-refractivity contribution < 1.29 is 13.8 Å². The maximum atomic E-state index is 12.0. The van der Waals surface area contributed by atoms with E-state index in [0.717, 1.165) is 5.69 Å². The van der Waals surface area contributed by atoms with E-state index in [1.165, 1.54) is 11.8 Å². The number of hydrogen-bond donors (Lipinski definition) is 1. The zero-order chi connectivity index (χ0) is 16.3. The second-order valence-corrected chi connectivity index (χ2v) is 7.37. The molecule has 2 aromatic rings. The van der Waals surface area contributed by atoms with E-state index in [9.17, 15) is 4.79 Å². The highest BCUT2D eigenvalue weighted by atomic mass is 32.2. The molecule has 8 heteroatoms. The van der Waals surface area contributed by atoms with Crippen LogP contribution in [0.15, 0.2) is 15.1 Å². The van der Waals surface area contributed by atoms with Crippen molar-refractivity contribution in [3.05, 3.63) is 23.5 Å². The molecular formula is C14H20N4O3S. The lowest BCUT2D eigenvalue weighted by Crippen LogP contribution is -2.22. The van der Waals surface area contributed by atoms with Crippen molar-refractivity contribution in [1.82, 2.24) is 15.3 Å². The lowest BCUT2D eigenvalue weighted by atomic mass is 9.97. The molecule has 0 saturated carbocycles. The second-order valence-electron chi connectivity index (χ2n) is 6.04. The van der Waals surface area contributed by atoms with Crippen molar-refractivity contribution >= 4 is 23.6 Å². The number of carbonyl (C=O) groups is 1. The summed E-state index contributed by atoms with van der Waals surface area (Å²) in [6, 6.07) is 1.67. The Morgan fingerprint density at radius 2 is 2.09 bits per heavy atom. The average Bonchev–Trinajstić information content (AvgIpc) is 3.04. The number of amides is 1. The molecule has 0 fully saturated rings. The van der Waals surface area contributed by atoms with Gasteiger partial charge in [0, 0.05) is 11.5 Å². The molecule has 1 unspecified atom stereocenters. The number of thioether (sulfide) groups is 1. The van der Waals surface area contributed by atoms with Crippen molar-refractivity contribution in [3.8, 4) is 0 Å². The predicted molar refractivity (Wildman–Crippen MR) is 83.6 cm³/mol. The fourth-order valence-corrected chi connectivity index (χ4v) is 2.26. The molecule has 1 N–H and O–H groups in total. The van der Waals surface area contributed by atoms with Crippen LogP contribution in [-0.2, 0) is 16.0 Å². The Hall–Kier alpha value is -1.83. The fraction of sp³-hybridized carbons (Fsp3) is 0.571. The Balaban J connectivity index is 1.85. The molecule has 0 aliphatic carbocycles. The summed E-state index contributed by atoms with van der Waals surface area (Å²) in [7, 11) is 0. The normalized spacial score (nSPS) is 13.1. The summed E-state index contributed by atoms with van der Waals surface area (Å²) >= 11 is 1.43. The molecule has 7 nitrogen and oxygen atoms in total. The zero-order valence-corrected chi connectivity index (χ0v) is 14.2. The van der Waals surface area contributed by atoms with E-state index >= 15 is 0 Å². The highest BCUT2D eigenvalue weighted by molar-refractivity contribution is 7.99. The molecule has 0 aromatic carbocycles. The average molecular weight is 324 g/mol. The topological polar surface area (TPSA) is 94.1 Å². The van der Waals surface area contributed by atoms with Gasteiger partial charge in [-0.05, 0) is 13.8 Å². The first-order valence-corrected chi connectivity index (χ1v) is 7.99. The number of anilines is 1. The van der Waals surface area contributed by atoms with Crippen molar-refractivity contribution in [2.45, 2.75) is 51.0 Å². The van der Waals surface area contributed by atoms with E-state index in [0.29, 0.717) is 23.4 Å². The first-order chi connectivity index (χ1) is 10.3. The highest BCUT2D eigenvalue weighted by Crippen LogP contribution is 2.22. The summed E-state index contributed by atoms with van der Waals surface area (Å²) in [6.45, 7) is 9.63. The highest BCUT2D eigenvalue weighted by Gasteiger charge is 2.22. The van der Waals surface area contributed by atoms with Crippen LogP contribution in [-0.4, -0.2) is 26.5 Å². The summed E-state index contributed by atoms with van der Waals surface area (Å²) in [4.78, 5) is 16.4. The van der Waals surface area contributed by atoms with E-state index in [2.05, 4.69) is 20.6 Å². The second kappa shape index (κ2) is 6.51. The van der Waals surface area contributed by atoms with Gasteiger partial charge >= 0.3 is 0 Å². The lowest BCUT2D eigenvalue weighted by Gasteiger charge is -2.10. The van der Waals surface area contributed by atoms with Crippen LogP contribution >= 0.6 is 11.8 Å². The third kappa shape index (κ3) is 4.33. The number of rotatable bonds is 5. The zero-order valence-electron chi connectivity index (χ0n) is 13.3. The van der Waals surface area contributed by atoms with E-state index in [1.807, 2.05) is 27.7 Å². The molecule has 2 aromatic heterocycles. The van der Waals surface area contributed by atoms with Crippen molar-refractivity contribution in [2.24, 2.45) is 0 Å². The largest absolute Gasteiger partial charge is 0.339 e. The molecule has 1 amide bonds. The summed E-state index contributed by atoms with van der Waals surface area (Å²) in [5, 5.41) is 10.1. The number of nitrogens with one attached hydrogen (secondary N) is 1. The van der Waals surface area contributed by atoms with Gasteiger partial charge in [0.25, 0.3) is 0 Å². The standard InChI is InChI=1S/C14H20N4O3S/c1-8-6-11(20-17-8)16-12(19)9(2)22-7-10-15-13(21-18-10)14(3,4)5/h6,9H,7H2,1-5H3,(H,16,19). The Labute approximate surface area is 133 Å². The van der Waals surface area contributed by atoms with E-state index < -0.39 is 0 Å². The van der Waals surface area contributed by atoms with E-state index in [4.69, 9.17) is 9.05 Å². The Kier molecular flexibility index (Phi) is 4.90. The van der Waals surface area contributed by atoms with Gasteiger partial charge in [-0.25, -0.2) is 0 Å². The molecular weight excluding hydrogens is 304 g/mol. The quantitative estimate of drug-likeness (QED) is 0.903. The summed E-state index contributed by atoms with van der Waals surface area (Å²) < 4.78 is 10.2. The van der Waals surface area contributed by atoms with Crippen LogP contribution < -0.4 is 5.32 Å². The van der Waals surface area contributed by atoms with E-state index in [1.54, 1.807) is 13.0 Å². The molecule has 0 aliphatic heterocycles. The van der Waals surface area contributed by atoms with Gasteiger partial charge in [0.05, 0.1) is 16.7 Å². The van der Waals surface area contributed by atoms with Crippen molar-refractivity contribution in [2.75, 3.05) is 5.32 Å². The van der Waals surface area contributed by atoms with Crippen LogP contribution in [0.1, 0.15) is 45.1 Å². The third-order valence-corrected chi connectivity index (χ3v) is 3.95. The first-order valence-electron chi connectivity index (χ1n) is 6.94. The number of carbonyl (C=O) groups excluding carboxylic acids is 1. The molecule has 2 heterocycles. The summed E-state index contributed by atoms with van der Waals surface area (Å²) in [5.41, 5.74) is 0.542. The van der Waals surface area contributed by atoms with Crippen molar-refractivity contribution in [3.63, 3.8) is 0 Å². The number of nitrogens with zero attached hydrogens (tertiary/aromatic N) is 3. The van der Waals surface area contributed by atoms with Gasteiger partial charge < -0.3 is 9.05 Å². The first kappa shape index (κ1) is 16.5. The predicted octanol–water partition coefficient (Wildman–Crippen LogP) is 2.92. The molecule has 1 atom stereocenters. The van der Waals surface area contributed by atoms with Crippen LogP contribution in [0.3, 0.4) is 0 Å². The molecule has 0 radical (unpaired) electrons. The van der Waals surface area contributed by atoms with Crippen LogP contribution in [0, 0.1) is 6.92 Å². The third-order valence-electron chi connectivity index (χ3n) is 2.82. The van der Waals surface area contributed by atoms with Gasteiger partial charge in [0.2, 0.25) is 17.7 Å².